The van der Waals surface area contributed by atoms with Gasteiger partial charge in [0.1, 0.15) is 0 Å². The number of nitrogens with two attached hydrogens (primary N) is 3. The number of hydrogen-bond acceptors (Lipinski definition) is 5. The number of methoxy groups -OCH3 is 1. The van der Waals surface area contributed by atoms with Crippen molar-refractivity contribution in [1.82, 2.24) is 0 Å². The third-order valence-electron chi connectivity index (χ3n) is 4.60. The molecule has 122 valence electrons. The second kappa shape index (κ2) is 7.61. The lowest BCUT2D eigenvalue weighted by Gasteiger charge is -2.32. The minimum Gasteiger partial charge on any atom is -0.469 e. The van der Waals surface area contributed by atoms with E-state index in [-0.39, 0.29) is 29.9 Å². The van der Waals surface area contributed by atoms with Crippen molar-refractivity contribution in [2.75, 3.05) is 7.11 Å². The Hall–Kier alpha value is -1.34. The summed E-state index contributed by atoms with van der Waals surface area (Å²) in [5, 5.41) is 10.5. The second-order valence-corrected chi connectivity index (χ2v) is 5.71. The normalized spacial score (nSPS) is 30.2. The first-order chi connectivity index (χ1) is 9.87. The number of aliphatic hydroxyl groups is 1. The molecule has 1 saturated carbocycles. The molecular weight excluding hydrogens is 272 g/mol. The van der Waals surface area contributed by atoms with E-state index in [9.17, 15) is 9.90 Å². The standard InChI is InChI=1S/C14H28N4O3/c1-4-7(5-2)11(15)10-9(18-14(16)17)6-8(12(10)19)13(20)21-3/h7-12,19H,4-6,15H2,1-3H3,(H4,16,17,18)/t8-,9+,10+,11-,12+/m0/s1. The van der Waals surface area contributed by atoms with Crippen molar-refractivity contribution in [3.05, 3.63) is 0 Å². The molecule has 1 aliphatic rings. The highest BCUT2D eigenvalue weighted by Crippen LogP contribution is 2.39. The van der Waals surface area contributed by atoms with E-state index in [1.165, 1.54) is 7.11 Å². The summed E-state index contributed by atoms with van der Waals surface area (Å²) in [4.78, 5) is 16.0. The molecule has 1 rings (SSSR count). The monoisotopic (exact) mass is 300 g/mol. The molecule has 0 amide bonds. The van der Waals surface area contributed by atoms with E-state index in [1.807, 2.05) is 0 Å². The molecule has 0 radical (unpaired) electrons. The first-order valence-electron chi connectivity index (χ1n) is 7.47. The van der Waals surface area contributed by atoms with Gasteiger partial charge in [-0.15, -0.1) is 0 Å². The van der Waals surface area contributed by atoms with Crippen molar-refractivity contribution in [3.63, 3.8) is 0 Å². The molecule has 0 bridgehead atoms. The molecule has 0 aliphatic heterocycles. The summed E-state index contributed by atoms with van der Waals surface area (Å²) in [7, 11) is 1.30. The molecular formula is C14H28N4O3. The first-order valence-corrected chi connectivity index (χ1v) is 7.47. The lowest BCUT2D eigenvalue weighted by atomic mass is 9.81. The van der Waals surface area contributed by atoms with E-state index in [2.05, 4.69) is 18.8 Å². The van der Waals surface area contributed by atoms with Crippen LogP contribution in [0.5, 0.6) is 0 Å². The van der Waals surface area contributed by atoms with Gasteiger partial charge < -0.3 is 27.0 Å². The molecule has 5 atom stereocenters. The van der Waals surface area contributed by atoms with Gasteiger partial charge in [-0.05, 0) is 12.3 Å². The molecule has 0 aromatic carbocycles. The predicted octanol–water partition coefficient (Wildman–Crippen LogP) is -0.438. The van der Waals surface area contributed by atoms with Crippen LogP contribution in [0, 0.1) is 17.8 Å². The summed E-state index contributed by atoms with van der Waals surface area (Å²) < 4.78 is 4.75. The van der Waals surface area contributed by atoms with Crippen LogP contribution in [-0.2, 0) is 9.53 Å². The van der Waals surface area contributed by atoms with Gasteiger partial charge in [0, 0.05) is 12.0 Å². The molecule has 7 heteroatoms. The Labute approximate surface area is 125 Å². The van der Waals surface area contributed by atoms with E-state index in [0.717, 1.165) is 12.8 Å². The largest absolute Gasteiger partial charge is 0.469 e. The van der Waals surface area contributed by atoms with Gasteiger partial charge in [0.15, 0.2) is 5.96 Å². The van der Waals surface area contributed by atoms with E-state index >= 15 is 0 Å². The minimum absolute atomic E-state index is 0.0561. The topological polar surface area (TPSA) is 137 Å². The summed E-state index contributed by atoms with van der Waals surface area (Å²) in [6, 6.07) is -0.623. The Morgan fingerprint density at radius 1 is 1.38 bits per heavy atom. The van der Waals surface area contributed by atoms with Gasteiger partial charge in [-0.1, -0.05) is 26.7 Å². The number of carbonyl (C=O) groups is 1. The molecule has 0 unspecified atom stereocenters. The van der Waals surface area contributed by atoms with Gasteiger partial charge in [-0.25, -0.2) is 4.99 Å². The lowest BCUT2D eigenvalue weighted by Crippen LogP contribution is -2.46. The van der Waals surface area contributed by atoms with Crippen LogP contribution in [0.25, 0.3) is 0 Å². The molecule has 7 N–H and O–H groups in total. The summed E-state index contributed by atoms with van der Waals surface area (Å²) in [5.41, 5.74) is 17.3. The molecule has 0 heterocycles. The van der Waals surface area contributed by atoms with Crippen molar-refractivity contribution < 1.29 is 14.6 Å². The zero-order chi connectivity index (χ0) is 16.2. The molecule has 1 aliphatic carbocycles. The Morgan fingerprint density at radius 2 is 1.95 bits per heavy atom. The number of carbonyl (C=O) groups excluding carboxylic acids is 1. The number of aliphatic imine (C=N–C) groups is 1. The van der Waals surface area contributed by atoms with Crippen LogP contribution in [0.1, 0.15) is 33.1 Å². The van der Waals surface area contributed by atoms with Crippen LogP contribution in [0.3, 0.4) is 0 Å². The van der Waals surface area contributed by atoms with Gasteiger partial charge in [0.25, 0.3) is 0 Å². The smallest absolute Gasteiger partial charge is 0.311 e. The summed E-state index contributed by atoms with van der Waals surface area (Å²) >= 11 is 0. The molecule has 21 heavy (non-hydrogen) atoms. The summed E-state index contributed by atoms with van der Waals surface area (Å²) in [6.07, 6.45) is 1.27. The number of aliphatic hydroxyl groups excluding tert-OH is 1. The fourth-order valence-electron chi connectivity index (χ4n) is 3.40. The highest BCUT2D eigenvalue weighted by molar-refractivity contribution is 5.76. The van der Waals surface area contributed by atoms with Crippen LogP contribution >= 0.6 is 0 Å². The van der Waals surface area contributed by atoms with Gasteiger partial charge in [0.05, 0.1) is 25.2 Å². The molecule has 0 spiro atoms. The van der Waals surface area contributed by atoms with Crippen LogP contribution < -0.4 is 17.2 Å². The average Bonchev–Trinajstić information content (AvgIpc) is 2.75. The predicted molar refractivity (Wildman–Crippen MR) is 81.3 cm³/mol. The van der Waals surface area contributed by atoms with E-state index in [0.29, 0.717) is 6.42 Å². The maximum Gasteiger partial charge on any atom is 0.311 e. The highest BCUT2D eigenvalue weighted by Gasteiger charge is 2.49. The van der Waals surface area contributed by atoms with Crippen molar-refractivity contribution in [1.29, 1.82) is 0 Å². The lowest BCUT2D eigenvalue weighted by molar-refractivity contribution is -0.149. The van der Waals surface area contributed by atoms with Gasteiger partial charge in [0.2, 0.25) is 0 Å². The minimum atomic E-state index is -0.888. The number of guanidine groups is 1. The molecule has 0 aromatic heterocycles. The summed E-state index contributed by atoms with van der Waals surface area (Å²) in [6.45, 7) is 4.12. The van der Waals surface area contributed by atoms with Crippen molar-refractivity contribution in [2.24, 2.45) is 39.9 Å². The zero-order valence-electron chi connectivity index (χ0n) is 13.0. The third-order valence-corrected chi connectivity index (χ3v) is 4.60. The van der Waals surface area contributed by atoms with E-state index in [4.69, 9.17) is 21.9 Å². The van der Waals surface area contributed by atoms with Crippen LogP contribution in [0.4, 0.5) is 0 Å². The number of nitrogens with zero attached hydrogens (tertiary/aromatic N) is 1. The maximum absolute atomic E-state index is 11.8. The fraction of sp³-hybridized carbons (Fsp3) is 0.857. The van der Waals surface area contributed by atoms with Crippen LogP contribution in [0.15, 0.2) is 4.99 Å². The Morgan fingerprint density at radius 3 is 2.38 bits per heavy atom. The van der Waals surface area contributed by atoms with Crippen LogP contribution in [0.2, 0.25) is 0 Å². The Bertz CT molecular complexity index is 380. The zero-order valence-corrected chi connectivity index (χ0v) is 13.0. The molecule has 0 aromatic rings. The number of rotatable bonds is 6. The third kappa shape index (κ3) is 3.85. The number of ether oxygens (including phenoxy) is 1. The number of esters is 1. The second-order valence-electron chi connectivity index (χ2n) is 5.71. The molecule has 7 nitrogen and oxygen atoms in total. The Balaban J connectivity index is 3.04. The van der Waals surface area contributed by atoms with Crippen molar-refractivity contribution >= 4 is 11.9 Å². The molecule has 0 saturated heterocycles. The van der Waals surface area contributed by atoms with Gasteiger partial charge in [-0.3, -0.25) is 4.79 Å². The number of hydrogen-bond donors (Lipinski definition) is 4. The van der Waals surface area contributed by atoms with Crippen LogP contribution in [-0.4, -0.2) is 42.3 Å². The first kappa shape index (κ1) is 17.7. The maximum atomic E-state index is 11.8. The highest BCUT2D eigenvalue weighted by atomic mass is 16.5. The van der Waals surface area contributed by atoms with E-state index < -0.39 is 18.0 Å². The summed E-state index contributed by atoms with van der Waals surface area (Å²) in [5.74, 6) is -1.23. The molecule has 1 fully saturated rings. The fourth-order valence-corrected chi connectivity index (χ4v) is 3.40. The van der Waals surface area contributed by atoms with Gasteiger partial charge >= 0.3 is 5.97 Å². The SMILES string of the molecule is CCC(CC)[C@H](N)[C@@H]1[C@H](O)[C@@H](C(=O)OC)C[C@H]1N=C(N)N. The average molecular weight is 300 g/mol. The quantitative estimate of drug-likeness (QED) is 0.298. The van der Waals surface area contributed by atoms with Gasteiger partial charge in [-0.2, -0.15) is 0 Å². The van der Waals surface area contributed by atoms with E-state index in [1.54, 1.807) is 0 Å². The van der Waals surface area contributed by atoms with Crippen molar-refractivity contribution in [2.45, 2.75) is 51.3 Å². The Kier molecular flexibility index (Phi) is 6.42. The van der Waals surface area contributed by atoms with Crippen molar-refractivity contribution in [3.8, 4) is 0 Å².